The SMILES string of the molecule is O=Cc1c(-c2ccccc2)nn(-c2cccc(C(F)(F)F)c2)c1[O-]. The van der Waals surface area contributed by atoms with Gasteiger partial charge in [-0.1, -0.05) is 36.4 Å². The lowest BCUT2D eigenvalue weighted by atomic mass is 10.1. The Kier molecular flexibility index (Phi) is 3.84. The molecule has 0 aliphatic rings. The van der Waals surface area contributed by atoms with Gasteiger partial charge in [-0.15, -0.1) is 0 Å². The zero-order valence-electron chi connectivity index (χ0n) is 12.1. The molecule has 0 fully saturated rings. The topological polar surface area (TPSA) is 58.0 Å². The van der Waals surface area contributed by atoms with Gasteiger partial charge in [0.15, 0.2) is 6.29 Å². The molecular formula is C17H10F3N2O2-. The van der Waals surface area contributed by atoms with E-state index in [2.05, 4.69) is 5.10 Å². The van der Waals surface area contributed by atoms with E-state index in [4.69, 9.17) is 0 Å². The van der Waals surface area contributed by atoms with Crippen LogP contribution in [0.3, 0.4) is 0 Å². The summed E-state index contributed by atoms with van der Waals surface area (Å²) in [7, 11) is 0. The van der Waals surface area contributed by atoms with Crippen molar-refractivity contribution in [3.63, 3.8) is 0 Å². The third-order valence-electron chi connectivity index (χ3n) is 3.46. The van der Waals surface area contributed by atoms with Crippen molar-refractivity contribution in [3.8, 4) is 22.8 Å². The van der Waals surface area contributed by atoms with Crippen LogP contribution in [0.15, 0.2) is 54.6 Å². The second-order valence-electron chi connectivity index (χ2n) is 5.01. The Hall–Kier alpha value is -3.09. The van der Waals surface area contributed by atoms with Crippen molar-refractivity contribution in [1.29, 1.82) is 0 Å². The summed E-state index contributed by atoms with van der Waals surface area (Å²) in [5.41, 5.74) is -0.488. The van der Waals surface area contributed by atoms with Gasteiger partial charge in [-0.2, -0.15) is 18.3 Å². The largest absolute Gasteiger partial charge is 0.858 e. The average Bonchev–Trinajstić information content (AvgIpc) is 2.91. The van der Waals surface area contributed by atoms with Gasteiger partial charge in [0.1, 0.15) is 5.69 Å². The first-order valence-electron chi connectivity index (χ1n) is 6.90. The predicted octanol–water partition coefficient (Wildman–Crippen LogP) is 3.44. The lowest BCUT2D eigenvalue weighted by Gasteiger charge is -2.13. The number of alkyl halides is 3. The van der Waals surface area contributed by atoms with E-state index in [1.807, 2.05) is 0 Å². The summed E-state index contributed by atoms with van der Waals surface area (Å²) in [4.78, 5) is 11.3. The molecule has 1 aromatic heterocycles. The molecule has 0 spiro atoms. The number of halogens is 3. The molecule has 3 aromatic rings. The fourth-order valence-corrected chi connectivity index (χ4v) is 2.32. The Labute approximate surface area is 134 Å². The molecule has 0 unspecified atom stereocenters. The first kappa shape index (κ1) is 15.8. The number of nitrogens with zero attached hydrogens (tertiary/aromatic N) is 2. The molecule has 0 saturated carbocycles. The molecule has 0 bridgehead atoms. The van der Waals surface area contributed by atoms with Crippen LogP contribution in [0.1, 0.15) is 15.9 Å². The minimum absolute atomic E-state index is 0.0555. The van der Waals surface area contributed by atoms with Gasteiger partial charge in [0.2, 0.25) is 0 Å². The number of rotatable bonds is 3. The maximum Gasteiger partial charge on any atom is 0.416 e. The Morgan fingerprint density at radius 3 is 2.38 bits per heavy atom. The second kappa shape index (κ2) is 5.84. The van der Waals surface area contributed by atoms with Crippen molar-refractivity contribution < 1.29 is 23.1 Å². The number of carbonyl (C=O) groups is 1. The Balaban J connectivity index is 2.17. The molecular weight excluding hydrogens is 321 g/mol. The Morgan fingerprint density at radius 2 is 1.75 bits per heavy atom. The van der Waals surface area contributed by atoms with E-state index >= 15 is 0 Å². The third-order valence-corrected chi connectivity index (χ3v) is 3.46. The van der Waals surface area contributed by atoms with Crippen LogP contribution in [0.5, 0.6) is 5.88 Å². The summed E-state index contributed by atoms with van der Waals surface area (Å²) >= 11 is 0. The van der Waals surface area contributed by atoms with Crippen LogP contribution in [0.2, 0.25) is 0 Å². The van der Waals surface area contributed by atoms with Crippen LogP contribution in [-0.2, 0) is 6.18 Å². The van der Waals surface area contributed by atoms with Crippen LogP contribution >= 0.6 is 0 Å². The molecule has 7 heteroatoms. The highest BCUT2D eigenvalue weighted by atomic mass is 19.4. The van der Waals surface area contributed by atoms with Gasteiger partial charge >= 0.3 is 6.18 Å². The molecule has 3 rings (SSSR count). The van der Waals surface area contributed by atoms with Gasteiger partial charge in [0, 0.05) is 11.4 Å². The molecule has 24 heavy (non-hydrogen) atoms. The van der Waals surface area contributed by atoms with Crippen LogP contribution < -0.4 is 5.11 Å². The van der Waals surface area contributed by atoms with E-state index in [1.165, 1.54) is 12.1 Å². The molecule has 2 aromatic carbocycles. The van der Waals surface area contributed by atoms with Gasteiger partial charge in [-0.05, 0) is 18.2 Å². The molecule has 122 valence electrons. The van der Waals surface area contributed by atoms with E-state index in [-0.39, 0.29) is 16.9 Å². The van der Waals surface area contributed by atoms with Crippen molar-refractivity contribution in [2.45, 2.75) is 6.18 Å². The summed E-state index contributed by atoms with van der Waals surface area (Å²) in [5.74, 6) is -0.761. The van der Waals surface area contributed by atoms with Crippen molar-refractivity contribution >= 4 is 6.29 Å². The normalized spacial score (nSPS) is 11.5. The van der Waals surface area contributed by atoms with Gasteiger partial charge in [-0.25, -0.2) is 4.68 Å². The lowest BCUT2D eigenvalue weighted by Crippen LogP contribution is -2.08. The van der Waals surface area contributed by atoms with E-state index in [0.29, 0.717) is 11.8 Å². The number of hydrogen-bond donors (Lipinski definition) is 0. The summed E-state index contributed by atoms with van der Waals surface area (Å²) in [6.45, 7) is 0. The summed E-state index contributed by atoms with van der Waals surface area (Å²) in [6, 6.07) is 12.7. The minimum Gasteiger partial charge on any atom is -0.858 e. The maximum atomic E-state index is 12.8. The first-order valence-corrected chi connectivity index (χ1v) is 6.90. The number of aromatic nitrogens is 2. The lowest BCUT2D eigenvalue weighted by molar-refractivity contribution is -0.278. The van der Waals surface area contributed by atoms with E-state index in [9.17, 15) is 23.1 Å². The van der Waals surface area contributed by atoms with Crippen molar-refractivity contribution in [2.75, 3.05) is 0 Å². The molecule has 0 amide bonds. The molecule has 0 radical (unpaired) electrons. The predicted molar refractivity (Wildman–Crippen MR) is 78.8 cm³/mol. The van der Waals surface area contributed by atoms with E-state index in [1.54, 1.807) is 30.3 Å². The molecule has 0 aliphatic heterocycles. The van der Waals surface area contributed by atoms with E-state index in [0.717, 1.165) is 16.8 Å². The average molecular weight is 331 g/mol. The monoisotopic (exact) mass is 331 g/mol. The van der Waals surface area contributed by atoms with Gasteiger partial charge in [-0.3, -0.25) is 4.79 Å². The van der Waals surface area contributed by atoms with Gasteiger partial charge in [0.05, 0.1) is 16.8 Å². The highest BCUT2D eigenvalue weighted by molar-refractivity contribution is 5.88. The highest BCUT2D eigenvalue weighted by Crippen LogP contribution is 2.33. The number of hydrogen-bond acceptors (Lipinski definition) is 3. The first-order chi connectivity index (χ1) is 11.4. The van der Waals surface area contributed by atoms with E-state index < -0.39 is 17.6 Å². The van der Waals surface area contributed by atoms with Crippen LogP contribution in [0.25, 0.3) is 16.9 Å². The smallest absolute Gasteiger partial charge is 0.416 e. The second-order valence-corrected chi connectivity index (χ2v) is 5.01. The fraction of sp³-hybridized carbons (Fsp3) is 0.0588. The van der Waals surface area contributed by atoms with Gasteiger partial charge in [0.25, 0.3) is 0 Å². The molecule has 4 nitrogen and oxygen atoms in total. The molecule has 0 N–H and O–H groups in total. The molecule has 0 aliphatic carbocycles. The summed E-state index contributed by atoms with van der Waals surface area (Å²) in [6.07, 6.45) is -4.18. The fourth-order valence-electron chi connectivity index (χ4n) is 2.32. The molecule has 1 heterocycles. The third kappa shape index (κ3) is 2.76. The quantitative estimate of drug-likeness (QED) is 0.691. The standard InChI is InChI=1S/C17H11F3N2O2/c18-17(19,20)12-7-4-8-13(9-12)22-16(24)14(10-23)15(21-22)11-5-2-1-3-6-11/h1-10,24H/p-1. The van der Waals surface area contributed by atoms with Crippen molar-refractivity contribution in [3.05, 3.63) is 65.7 Å². The number of benzene rings is 2. The van der Waals surface area contributed by atoms with Crippen LogP contribution in [-0.4, -0.2) is 16.1 Å². The minimum atomic E-state index is -4.54. The number of aldehydes is 1. The summed E-state index contributed by atoms with van der Waals surface area (Å²) in [5, 5.41) is 16.4. The van der Waals surface area contributed by atoms with Crippen molar-refractivity contribution in [1.82, 2.24) is 9.78 Å². The Morgan fingerprint density at radius 1 is 1.04 bits per heavy atom. The Bertz CT molecular complexity index is 887. The zero-order valence-corrected chi connectivity index (χ0v) is 12.1. The van der Waals surface area contributed by atoms with Gasteiger partial charge < -0.3 is 5.11 Å². The van der Waals surface area contributed by atoms with Crippen molar-refractivity contribution in [2.24, 2.45) is 0 Å². The number of carbonyl (C=O) groups excluding carboxylic acids is 1. The maximum absolute atomic E-state index is 12.8. The molecule has 0 atom stereocenters. The molecule has 0 saturated heterocycles. The van der Waals surface area contributed by atoms with Crippen LogP contribution in [0.4, 0.5) is 13.2 Å². The zero-order chi connectivity index (χ0) is 17.3. The van der Waals surface area contributed by atoms with Crippen LogP contribution in [0, 0.1) is 0 Å². The highest BCUT2D eigenvalue weighted by Gasteiger charge is 2.30. The summed E-state index contributed by atoms with van der Waals surface area (Å²) < 4.78 is 39.3.